The van der Waals surface area contributed by atoms with Crippen molar-refractivity contribution in [2.45, 2.75) is 42.5 Å². The quantitative estimate of drug-likeness (QED) is 0.143. The van der Waals surface area contributed by atoms with Gasteiger partial charge in [0.2, 0.25) is 0 Å². The van der Waals surface area contributed by atoms with E-state index in [1.165, 1.54) is 11.8 Å². The molecular formula is C11H18N4O4S. The third-order valence-electron chi connectivity index (χ3n) is 3.73. The Balaban J connectivity index is 2.05. The van der Waals surface area contributed by atoms with Crippen LogP contribution in [-0.2, 0) is 9.59 Å². The molecule has 2 fully saturated rings. The molecule has 2 saturated heterocycles. The van der Waals surface area contributed by atoms with E-state index in [2.05, 4.69) is 16.1 Å². The number of unbranched alkanes of at least 4 members (excludes halogenated alkanes) is 1. The second-order valence-corrected chi connectivity index (χ2v) is 6.33. The number of carboxylic acid groups (broad SMARTS) is 1. The summed E-state index contributed by atoms with van der Waals surface area (Å²) in [5.74, 6) is 4.73. The predicted molar refractivity (Wildman–Crippen MR) is 72.9 cm³/mol. The van der Waals surface area contributed by atoms with Crippen molar-refractivity contribution in [3.8, 4) is 0 Å². The summed E-state index contributed by atoms with van der Waals surface area (Å²) in [6, 6.07) is -0.683. The predicted octanol–water partition coefficient (Wildman–Crippen LogP) is -0.843. The van der Waals surface area contributed by atoms with Gasteiger partial charge in [0, 0.05) is 12.2 Å². The van der Waals surface area contributed by atoms with Crippen molar-refractivity contribution in [2.24, 2.45) is 5.84 Å². The monoisotopic (exact) mass is 302 g/mol. The number of carbonyl (C=O) groups excluding carboxylic acids is 2. The van der Waals surface area contributed by atoms with Crippen LogP contribution in [0.25, 0.3) is 0 Å². The molecule has 2 aliphatic rings. The number of nitrogens with one attached hydrogen (secondary N) is 3. The third kappa shape index (κ3) is 2.68. The number of rotatable bonds is 6. The lowest BCUT2D eigenvalue weighted by atomic mass is 9.88. The summed E-state index contributed by atoms with van der Waals surface area (Å²) in [7, 11) is 0. The normalized spacial score (nSPS) is 31.4. The number of hydrazine groups is 1. The van der Waals surface area contributed by atoms with Crippen molar-refractivity contribution in [1.29, 1.82) is 0 Å². The van der Waals surface area contributed by atoms with Crippen molar-refractivity contribution >= 4 is 29.7 Å². The lowest BCUT2D eigenvalue weighted by molar-refractivity contribution is -0.137. The Labute approximate surface area is 120 Å². The molecule has 6 N–H and O–H groups in total. The maximum Gasteiger partial charge on any atom is 0.315 e. The smallest absolute Gasteiger partial charge is 0.315 e. The molecule has 0 saturated carbocycles. The van der Waals surface area contributed by atoms with Crippen LogP contribution >= 0.6 is 11.8 Å². The Hall–Kier alpha value is -1.48. The first-order valence-electron chi connectivity index (χ1n) is 6.43. The Morgan fingerprint density at radius 1 is 1.45 bits per heavy atom. The fourth-order valence-electron chi connectivity index (χ4n) is 2.78. The summed E-state index contributed by atoms with van der Waals surface area (Å²) in [6.45, 7) is 0. The van der Waals surface area contributed by atoms with Gasteiger partial charge in [0.1, 0.15) is 4.75 Å². The first-order chi connectivity index (χ1) is 9.49. The molecular weight excluding hydrogens is 284 g/mol. The Bertz CT molecular complexity index is 433. The van der Waals surface area contributed by atoms with E-state index in [1.54, 1.807) is 0 Å². The Kier molecular flexibility index (Phi) is 4.39. The van der Waals surface area contributed by atoms with E-state index in [0.29, 0.717) is 25.0 Å². The van der Waals surface area contributed by atoms with E-state index in [1.807, 2.05) is 0 Å². The van der Waals surface area contributed by atoms with Crippen molar-refractivity contribution in [3.05, 3.63) is 0 Å². The van der Waals surface area contributed by atoms with Gasteiger partial charge >= 0.3 is 12.0 Å². The van der Waals surface area contributed by atoms with Crippen molar-refractivity contribution in [1.82, 2.24) is 16.1 Å². The summed E-state index contributed by atoms with van der Waals surface area (Å²) in [4.78, 5) is 34.1. The molecule has 3 amide bonds. The molecule has 0 spiro atoms. The minimum Gasteiger partial charge on any atom is -0.481 e. The fourth-order valence-corrected chi connectivity index (χ4v) is 4.41. The van der Waals surface area contributed by atoms with Gasteiger partial charge < -0.3 is 15.7 Å². The number of amides is 3. The van der Waals surface area contributed by atoms with Crippen LogP contribution < -0.4 is 21.9 Å². The maximum atomic E-state index is 12.2. The molecule has 2 aliphatic heterocycles. The van der Waals surface area contributed by atoms with E-state index in [0.717, 1.165) is 0 Å². The number of fused-ring (bicyclic) bond motifs is 1. The molecule has 0 unspecified atom stereocenters. The van der Waals surface area contributed by atoms with Gasteiger partial charge in [-0.15, -0.1) is 11.8 Å². The van der Waals surface area contributed by atoms with E-state index >= 15 is 0 Å². The molecule has 20 heavy (non-hydrogen) atoms. The largest absolute Gasteiger partial charge is 0.481 e. The fraction of sp³-hybridized carbons (Fsp3) is 0.727. The average molecular weight is 302 g/mol. The molecule has 9 heteroatoms. The van der Waals surface area contributed by atoms with Gasteiger partial charge in [-0.1, -0.05) is 6.42 Å². The number of urea groups is 1. The lowest BCUT2D eigenvalue weighted by Gasteiger charge is -2.31. The number of thioether (sulfide) groups is 1. The molecule has 0 aliphatic carbocycles. The molecule has 2 rings (SSSR count). The summed E-state index contributed by atoms with van der Waals surface area (Å²) < 4.78 is -0.822. The molecule has 2 heterocycles. The highest BCUT2D eigenvalue weighted by Gasteiger charge is 2.57. The van der Waals surface area contributed by atoms with Gasteiger partial charge in [-0.2, -0.15) is 0 Å². The zero-order valence-electron chi connectivity index (χ0n) is 10.8. The van der Waals surface area contributed by atoms with Gasteiger partial charge in [0.05, 0.1) is 12.1 Å². The molecule has 0 bridgehead atoms. The second-order valence-electron chi connectivity index (χ2n) is 4.98. The average Bonchev–Trinajstić information content (AvgIpc) is 2.92. The summed E-state index contributed by atoms with van der Waals surface area (Å²) in [6.07, 6.45) is 1.64. The van der Waals surface area contributed by atoms with E-state index in [-0.39, 0.29) is 30.4 Å². The van der Waals surface area contributed by atoms with Gasteiger partial charge in [-0.3, -0.25) is 15.0 Å². The van der Waals surface area contributed by atoms with Crippen molar-refractivity contribution in [2.75, 3.05) is 5.75 Å². The number of aliphatic carboxylic acids is 1. The maximum absolute atomic E-state index is 12.2. The zero-order chi connectivity index (χ0) is 14.8. The first kappa shape index (κ1) is 14.9. The lowest BCUT2D eigenvalue weighted by Crippen LogP contribution is -2.57. The van der Waals surface area contributed by atoms with Gasteiger partial charge in [0.25, 0.3) is 5.91 Å². The molecule has 8 nitrogen and oxygen atoms in total. The van der Waals surface area contributed by atoms with E-state index < -0.39 is 10.7 Å². The van der Waals surface area contributed by atoms with Crippen LogP contribution in [0.3, 0.4) is 0 Å². The van der Waals surface area contributed by atoms with Crippen molar-refractivity contribution in [3.63, 3.8) is 0 Å². The van der Waals surface area contributed by atoms with Crippen LogP contribution in [0.5, 0.6) is 0 Å². The zero-order valence-corrected chi connectivity index (χ0v) is 11.7. The van der Waals surface area contributed by atoms with Crippen LogP contribution in [0.4, 0.5) is 4.79 Å². The number of carbonyl (C=O) groups is 3. The van der Waals surface area contributed by atoms with Crippen LogP contribution in [0.15, 0.2) is 0 Å². The van der Waals surface area contributed by atoms with Crippen LogP contribution in [0.2, 0.25) is 0 Å². The van der Waals surface area contributed by atoms with Gasteiger partial charge in [-0.05, 0) is 12.8 Å². The summed E-state index contributed by atoms with van der Waals surface area (Å²) in [5.41, 5.74) is 2.17. The standard InChI is InChI=1S/C11H18N4O4S/c12-15-9(18)11(4-2-1-3-7(16)17)8-6(5-20-11)13-10(19)14-8/h6,8H,1-5,12H2,(H,15,18)(H,16,17)(H2,13,14,19)/t6-,8-,11-/m0/s1. The van der Waals surface area contributed by atoms with E-state index in [4.69, 9.17) is 10.9 Å². The molecule has 0 aromatic rings. The molecule has 112 valence electrons. The molecule has 0 aromatic heterocycles. The SMILES string of the molecule is NNC(=O)[C@@]1(CCCCC(=O)O)SC[C@@H]2NC(=O)N[C@@H]21. The molecule has 3 atom stereocenters. The third-order valence-corrected chi connectivity index (χ3v) is 5.42. The highest BCUT2D eigenvalue weighted by Crippen LogP contribution is 2.44. The molecule has 0 radical (unpaired) electrons. The van der Waals surface area contributed by atoms with Crippen LogP contribution in [0, 0.1) is 0 Å². The second kappa shape index (κ2) is 5.88. The van der Waals surface area contributed by atoms with Crippen LogP contribution in [-0.4, -0.2) is 45.6 Å². The van der Waals surface area contributed by atoms with Gasteiger partial charge in [0.15, 0.2) is 0 Å². The summed E-state index contributed by atoms with van der Waals surface area (Å²) >= 11 is 1.46. The number of carboxylic acids is 1. The molecule has 0 aromatic carbocycles. The topological polar surface area (TPSA) is 134 Å². The van der Waals surface area contributed by atoms with E-state index in [9.17, 15) is 14.4 Å². The van der Waals surface area contributed by atoms with Crippen LogP contribution in [0.1, 0.15) is 25.7 Å². The Morgan fingerprint density at radius 3 is 2.85 bits per heavy atom. The summed E-state index contributed by atoms with van der Waals surface area (Å²) in [5, 5.41) is 14.2. The highest BCUT2D eigenvalue weighted by molar-refractivity contribution is 8.01. The number of hydrogen-bond donors (Lipinski definition) is 5. The first-order valence-corrected chi connectivity index (χ1v) is 7.42. The highest BCUT2D eigenvalue weighted by atomic mass is 32.2. The number of nitrogens with two attached hydrogens (primary N) is 1. The van der Waals surface area contributed by atoms with Gasteiger partial charge in [-0.25, -0.2) is 10.6 Å². The minimum absolute atomic E-state index is 0.0731. The Morgan fingerprint density at radius 2 is 2.20 bits per heavy atom. The minimum atomic E-state index is -0.852. The number of hydrogen-bond acceptors (Lipinski definition) is 5. The van der Waals surface area contributed by atoms with Crippen molar-refractivity contribution < 1.29 is 19.5 Å².